The zero-order valence-corrected chi connectivity index (χ0v) is 20.1. The predicted molar refractivity (Wildman–Crippen MR) is 123 cm³/mol. The van der Waals surface area contributed by atoms with Crippen molar-refractivity contribution < 1.29 is 27.5 Å². The molecule has 2 N–H and O–H groups in total. The van der Waals surface area contributed by atoms with Crippen LogP contribution < -0.4 is 20.3 Å². The Morgan fingerprint density at radius 1 is 0.970 bits per heavy atom. The number of ether oxygens (including phenoxy) is 2. The van der Waals surface area contributed by atoms with Gasteiger partial charge >= 0.3 is 0 Å². The monoisotopic (exact) mass is 495 g/mol. The van der Waals surface area contributed by atoms with E-state index in [0.717, 1.165) is 12.8 Å². The molecule has 0 aliphatic carbocycles. The van der Waals surface area contributed by atoms with Gasteiger partial charge in [-0.3, -0.25) is 20.4 Å². The highest BCUT2D eigenvalue weighted by molar-refractivity contribution is 7.89. The van der Waals surface area contributed by atoms with E-state index in [-0.39, 0.29) is 27.1 Å². The minimum absolute atomic E-state index is 0.0262. The molecule has 33 heavy (non-hydrogen) atoms. The highest BCUT2D eigenvalue weighted by Crippen LogP contribution is 2.29. The third-order valence-electron chi connectivity index (χ3n) is 4.95. The lowest BCUT2D eigenvalue weighted by molar-refractivity contribution is 0.0846. The van der Waals surface area contributed by atoms with Gasteiger partial charge in [0.05, 0.1) is 18.2 Å². The standard InChI is InChI=1S/C22H26ClN3O6S/c1-14(2)32-18-9-7-15(12-19(18)31-3)21(27)24-25-22(28)16-6-8-17(23)20(13-16)33(29,30)26-10-4-5-11-26/h6-9,12-14H,4-5,10-11H2,1-3H3,(H,24,27)(H,25,28). The van der Waals surface area contributed by atoms with E-state index in [0.29, 0.717) is 24.6 Å². The molecule has 2 aromatic rings. The smallest absolute Gasteiger partial charge is 0.269 e. The number of nitrogens with one attached hydrogen (secondary N) is 2. The van der Waals surface area contributed by atoms with Crippen molar-refractivity contribution in [1.29, 1.82) is 0 Å². The Bertz CT molecular complexity index is 1150. The number of methoxy groups -OCH3 is 1. The molecule has 0 radical (unpaired) electrons. The number of benzene rings is 2. The molecule has 3 rings (SSSR count). The Kier molecular flexibility index (Phi) is 7.83. The van der Waals surface area contributed by atoms with Crippen LogP contribution in [0.2, 0.25) is 5.02 Å². The van der Waals surface area contributed by atoms with Crippen molar-refractivity contribution in [2.75, 3.05) is 20.2 Å². The summed E-state index contributed by atoms with van der Waals surface area (Å²) in [4.78, 5) is 24.9. The number of carbonyl (C=O) groups is 2. The van der Waals surface area contributed by atoms with Gasteiger partial charge in [-0.1, -0.05) is 11.6 Å². The van der Waals surface area contributed by atoms with E-state index in [1.807, 2.05) is 13.8 Å². The van der Waals surface area contributed by atoms with Gasteiger partial charge in [-0.2, -0.15) is 4.31 Å². The number of hydrogen-bond donors (Lipinski definition) is 2. The molecular weight excluding hydrogens is 470 g/mol. The molecular formula is C22H26ClN3O6S. The highest BCUT2D eigenvalue weighted by Gasteiger charge is 2.29. The summed E-state index contributed by atoms with van der Waals surface area (Å²) < 4.78 is 37.9. The van der Waals surface area contributed by atoms with Gasteiger partial charge in [0.15, 0.2) is 11.5 Å². The zero-order valence-electron chi connectivity index (χ0n) is 18.6. The summed E-state index contributed by atoms with van der Waals surface area (Å²) in [6, 6.07) is 8.56. The predicted octanol–water partition coefficient (Wildman–Crippen LogP) is 3.00. The molecule has 1 aliphatic heterocycles. The molecule has 2 amide bonds. The van der Waals surface area contributed by atoms with Crippen LogP contribution in [0.5, 0.6) is 11.5 Å². The van der Waals surface area contributed by atoms with Gasteiger partial charge in [-0.15, -0.1) is 0 Å². The van der Waals surface area contributed by atoms with E-state index in [9.17, 15) is 18.0 Å². The normalized spacial score (nSPS) is 14.2. The van der Waals surface area contributed by atoms with Gasteiger partial charge in [-0.25, -0.2) is 8.42 Å². The maximum Gasteiger partial charge on any atom is 0.269 e. The highest BCUT2D eigenvalue weighted by atomic mass is 35.5. The van der Waals surface area contributed by atoms with Gasteiger partial charge in [0.1, 0.15) is 4.90 Å². The Labute approximate surface area is 198 Å². The first-order valence-electron chi connectivity index (χ1n) is 10.4. The number of sulfonamides is 1. The summed E-state index contributed by atoms with van der Waals surface area (Å²) in [5, 5.41) is 0.0262. The number of halogens is 1. The Hall–Kier alpha value is -2.82. The molecule has 1 saturated heterocycles. The fraction of sp³-hybridized carbons (Fsp3) is 0.364. The van der Waals surface area contributed by atoms with E-state index in [1.165, 1.54) is 41.7 Å². The summed E-state index contributed by atoms with van der Waals surface area (Å²) in [5.74, 6) is -0.417. The summed E-state index contributed by atoms with van der Waals surface area (Å²) in [7, 11) is -2.35. The number of hydrogen-bond acceptors (Lipinski definition) is 6. The van der Waals surface area contributed by atoms with E-state index < -0.39 is 21.8 Å². The largest absolute Gasteiger partial charge is 0.493 e. The van der Waals surface area contributed by atoms with Crippen LogP contribution in [-0.4, -0.2) is 50.8 Å². The zero-order chi connectivity index (χ0) is 24.2. The number of nitrogens with zero attached hydrogens (tertiary/aromatic N) is 1. The molecule has 1 aliphatic rings. The van der Waals surface area contributed by atoms with Gasteiger partial charge in [0.2, 0.25) is 10.0 Å². The lowest BCUT2D eigenvalue weighted by atomic mass is 10.2. The molecule has 2 aromatic carbocycles. The summed E-state index contributed by atoms with van der Waals surface area (Å²) in [6.07, 6.45) is 1.48. The van der Waals surface area contributed by atoms with Crippen LogP contribution >= 0.6 is 11.6 Å². The van der Waals surface area contributed by atoms with E-state index in [4.69, 9.17) is 21.1 Å². The third-order valence-corrected chi connectivity index (χ3v) is 7.33. The molecule has 1 fully saturated rings. The van der Waals surface area contributed by atoms with Crippen LogP contribution in [0.4, 0.5) is 0 Å². The number of rotatable bonds is 7. The Morgan fingerprint density at radius 2 is 1.55 bits per heavy atom. The second-order valence-electron chi connectivity index (χ2n) is 7.70. The molecule has 0 atom stereocenters. The van der Waals surface area contributed by atoms with Gasteiger partial charge in [-0.05, 0) is 63.1 Å². The van der Waals surface area contributed by atoms with E-state index >= 15 is 0 Å². The number of amides is 2. The van der Waals surface area contributed by atoms with Crippen LogP contribution in [-0.2, 0) is 10.0 Å². The minimum Gasteiger partial charge on any atom is -0.493 e. The van der Waals surface area contributed by atoms with Crippen molar-refractivity contribution in [3.63, 3.8) is 0 Å². The van der Waals surface area contributed by atoms with Gasteiger partial charge in [0.25, 0.3) is 11.8 Å². The lowest BCUT2D eigenvalue weighted by Gasteiger charge is -2.17. The van der Waals surface area contributed by atoms with Crippen molar-refractivity contribution >= 4 is 33.4 Å². The average Bonchev–Trinajstić information content (AvgIpc) is 3.33. The molecule has 1 heterocycles. The quantitative estimate of drug-likeness (QED) is 0.571. The van der Waals surface area contributed by atoms with Crippen molar-refractivity contribution in [3.05, 3.63) is 52.5 Å². The van der Waals surface area contributed by atoms with Crippen molar-refractivity contribution in [2.45, 2.75) is 37.7 Å². The second-order valence-corrected chi connectivity index (χ2v) is 10.0. The molecule has 0 unspecified atom stereocenters. The van der Waals surface area contributed by atoms with Crippen LogP contribution in [0.25, 0.3) is 0 Å². The maximum atomic E-state index is 12.9. The van der Waals surface area contributed by atoms with Crippen LogP contribution in [0.3, 0.4) is 0 Å². The summed E-state index contributed by atoms with van der Waals surface area (Å²) >= 11 is 6.11. The fourth-order valence-corrected chi connectivity index (χ4v) is 5.35. The second kappa shape index (κ2) is 10.4. The third kappa shape index (κ3) is 5.76. The van der Waals surface area contributed by atoms with E-state index in [2.05, 4.69) is 10.9 Å². The minimum atomic E-state index is -3.81. The summed E-state index contributed by atoms with van der Waals surface area (Å²) in [5.41, 5.74) is 4.87. The molecule has 0 saturated carbocycles. The number of carbonyl (C=O) groups excluding carboxylic acids is 2. The maximum absolute atomic E-state index is 12.9. The van der Waals surface area contributed by atoms with Gasteiger partial charge in [0, 0.05) is 24.2 Å². The topological polar surface area (TPSA) is 114 Å². The summed E-state index contributed by atoms with van der Waals surface area (Å²) in [6.45, 7) is 4.56. The van der Waals surface area contributed by atoms with Crippen molar-refractivity contribution in [2.24, 2.45) is 0 Å². The molecule has 0 aromatic heterocycles. The first-order valence-corrected chi connectivity index (χ1v) is 12.2. The molecule has 0 bridgehead atoms. The number of hydrazine groups is 1. The first-order chi connectivity index (χ1) is 15.6. The van der Waals surface area contributed by atoms with Crippen LogP contribution in [0.1, 0.15) is 47.4 Å². The van der Waals surface area contributed by atoms with Crippen LogP contribution in [0.15, 0.2) is 41.3 Å². The Morgan fingerprint density at radius 3 is 2.12 bits per heavy atom. The molecule has 9 nitrogen and oxygen atoms in total. The van der Waals surface area contributed by atoms with E-state index in [1.54, 1.807) is 6.07 Å². The average molecular weight is 496 g/mol. The van der Waals surface area contributed by atoms with Crippen LogP contribution in [0, 0.1) is 0 Å². The first kappa shape index (κ1) is 24.8. The SMILES string of the molecule is COc1cc(C(=O)NNC(=O)c2ccc(Cl)c(S(=O)(=O)N3CCCC3)c2)ccc1OC(C)C. The lowest BCUT2D eigenvalue weighted by Crippen LogP contribution is -2.41. The molecule has 11 heteroatoms. The van der Waals surface area contributed by atoms with Gasteiger partial charge < -0.3 is 9.47 Å². The molecule has 178 valence electrons. The fourth-order valence-electron chi connectivity index (χ4n) is 3.33. The van der Waals surface area contributed by atoms with Crippen molar-refractivity contribution in [1.82, 2.24) is 15.2 Å². The van der Waals surface area contributed by atoms with Crippen molar-refractivity contribution in [3.8, 4) is 11.5 Å². The molecule has 0 spiro atoms. The Balaban J connectivity index is 1.71.